The average Bonchev–Trinajstić information content (AvgIpc) is 3.23. The Kier molecular flexibility index (Phi) is 3.58. The molecule has 1 aliphatic rings. The number of furan rings is 1. The first-order valence-corrected chi connectivity index (χ1v) is 8.04. The molecule has 0 bridgehead atoms. The summed E-state index contributed by atoms with van der Waals surface area (Å²) in [5, 5.41) is 1.49. The maximum Gasteiger partial charge on any atom is 0.289 e. The fourth-order valence-corrected chi connectivity index (χ4v) is 3.32. The highest BCUT2D eigenvalue weighted by Crippen LogP contribution is 2.26. The summed E-state index contributed by atoms with van der Waals surface area (Å²) >= 11 is 5.99. The fraction of sp³-hybridized carbons (Fsp3) is 0.294. The number of hydrogen-bond acceptors (Lipinski definition) is 3. The van der Waals surface area contributed by atoms with E-state index in [-0.39, 0.29) is 11.9 Å². The summed E-state index contributed by atoms with van der Waals surface area (Å²) in [5.74, 6) is 0.302. The van der Waals surface area contributed by atoms with Gasteiger partial charge in [0, 0.05) is 35.9 Å². The molecule has 1 aromatic carbocycles. The van der Waals surface area contributed by atoms with Crippen LogP contribution in [0.5, 0.6) is 0 Å². The zero-order chi connectivity index (χ0) is 15.8. The first kappa shape index (κ1) is 14.3. The monoisotopic (exact) mass is 329 g/mol. The fourth-order valence-electron chi connectivity index (χ4n) is 3.14. The third-order valence-corrected chi connectivity index (χ3v) is 4.55. The van der Waals surface area contributed by atoms with Gasteiger partial charge in [-0.25, -0.2) is 4.98 Å². The third kappa shape index (κ3) is 2.72. The van der Waals surface area contributed by atoms with Crippen molar-refractivity contribution in [3.05, 3.63) is 53.8 Å². The number of hydrogen-bond donors (Lipinski definition) is 0. The number of halogens is 1. The normalized spacial score (nSPS) is 18.5. The highest BCUT2D eigenvalue weighted by atomic mass is 35.5. The molecule has 2 aromatic heterocycles. The predicted molar refractivity (Wildman–Crippen MR) is 87.6 cm³/mol. The van der Waals surface area contributed by atoms with Crippen LogP contribution in [0.15, 0.2) is 47.4 Å². The molecule has 23 heavy (non-hydrogen) atoms. The van der Waals surface area contributed by atoms with Crippen molar-refractivity contribution in [1.82, 2.24) is 14.5 Å². The minimum absolute atomic E-state index is 0.0675. The van der Waals surface area contributed by atoms with Gasteiger partial charge in [-0.05, 0) is 37.1 Å². The van der Waals surface area contributed by atoms with Gasteiger partial charge in [-0.1, -0.05) is 11.6 Å². The van der Waals surface area contributed by atoms with Crippen LogP contribution < -0.4 is 0 Å². The van der Waals surface area contributed by atoms with E-state index in [0.717, 1.165) is 24.8 Å². The molecular formula is C17H16ClN3O2. The number of piperidine rings is 1. The molecule has 0 spiro atoms. The zero-order valence-electron chi connectivity index (χ0n) is 12.5. The molecule has 1 atom stereocenters. The molecule has 0 unspecified atom stereocenters. The Balaban J connectivity index is 1.57. The van der Waals surface area contributed by atoms with Crippen molar-refractivity contribution in [2.24, 2.45) is 0 Å². The van der Waals surface area contributed by atoms with Crippen molar-refractivity contribution in [2.75, 3.05) is 13.1 Å². The molecule has 4 rings (SSSR count). The summed E-state index contributed by atoms with van der Waals surface area (Å²) in [7, 11) is 0. The molecule has 5 nitrogen and oxygen atoms in total. The topological polar surface area (TPSA) is 51.3 Å². The van der Waals surface area contributed by atoms with Crippen LogP contribution in [0, 0.1) is 0 Å². The molecule has 6 heteroatoms. The molecule has 0 radical (unpaired) electrons. The van der Waals surface area contributed by atoms with E-state index in [9.17, 15) is 4.79 Å². The highest BCUT2D eigenvalue weighted by molar-refractivity contribution is 6.31. The Morgan fingerprint density at radius 1 is 1.35 bits per heavy atom. The van der Waals surface area contributed by atoms with Crippen molar-refractivity contribution in [1.29, 1.82) is 0 Å². The Morgan fingerprint density at radius 2 is 2.26 bits per heavy atom. The van der Waals surface area contributed by atoms with E-state index < -0.39 is 0 Å². The minimum atomic E-state index is -0.0675. The summed E-state index contributed by atoms with van der Waals surface area (Å²) in [5.41, 5.74) is 0.681. The number of nitrogens with zero attached hydrogens (tertiary/aromatic N) is 3. The van der Waals surface area contributed by atoms with Crippen molar-refractivity contribution in [3.63, 3.8) is 0 Å². The van der Waals surface area contributed by atoms with E-state index in [0.29, 0.717) is 22.9 Å². The van der Waals surface area contributed by atoms with Crippen LogP contribution in [-0.2, 0) is 0 Å². The number of benzene rings is 1. The number of rotatable bonds is 2. The van der Waals surface area contributed by atoms with Crippen molar-refractivity contribution >= 4 is 28.5 Å². The van der Waals surface area contributed by atoms with Gasteiger partial charge in [0.2, 0.25) is 0 Å². The van der Waals surface area contributed by atoms with E-state index in [2.05, 4.69) is 9.55 Å². The molecular weight excluding hydrogens is 314 g/mol. The lowest BCUT2D eigenvalue weighted by Gasteiger charge is -2.32. The molecule has 1 saturated heterocycles. The molecule has 1 aliphatic heterocycles. The summed E-state index contributed by atoms with van der Waals surface area (Å²) in [6.45, 7) is 1.43. The van der Waals surface area contributed by atoms with E-state index in [1.165, 1.54) is 0 Å². The van der Waals surface area contributed by atoms with E-state index in [1.807, 2.05) is 23.5 Å². The first-order valence-electron chi connectivity index (χ1n) is 7.66. The van der Waals surface area contributed by atoms with Crippen LogP contribution in [0.1, 0.15) is 29.4 Å². The predicted octanol–water partition coefficient (Wildman–Crippen LogP) is 3.76. The maximum atomic E-state index is 12.7. The van der Waals surface area contributed by atoms with Crippen molar-refractivity contribution in [2.45, 2.75) is 18.9 Å². The molecule has 0 saturated carbocycles. The SMILES string of the molecule is O=C(c1cc2cc(Cl)ccc2o1)N1CCC[C@@H](n2ccnc2)C1. The standard InChI is InChI=1S/C17H16ClN3O2/c18-13-3-4-15-12(8-13)9-16(23-15)17(22)20-6-1-2-14(10-20)21-7-5-19-11-21/h3-5,7-9,11,14H,1-2,6,10H2/t14-/m1/s1. The van der Waals surface area contributed by atoms with Crippen LogP contribution >= 0.6 is 11.6 Å². The molecule has 3 aromatic rings. The number of carbonyl (C=O) groups excluding carboxylic acids is 1. The summed E-state index contributed by atoms with van der Waals surface area (Å²) in [6, 6.07) is 7.40. The van der Waals surface area contributed by atoms with Gasteiger partial charge in [-0.2, -0.15) is 0 Å². The zero-order valence-corrected chi connectivity index (χ0v) is 13.2. The van der Waals surface area contributed by atoms with Crippen LogP contribution in [-0.4, -0.2) is 33.4 Å². The molecule has 0 aliphatic carbocycles. The largest absolute Gasteiger partial charge is 0.451 e. The number of fused-ring (bicyclic) bond motifs is 1. The Labute approximate surface area is 138 Å². The summed E-state index contributed by atoms with van der Waals surface area (Å²) in [4.78, 5) is 18.7. The van der Waals surface area contributed by atoms with Crippen LogP contribution in [0.4, 0.5) is 0 Å². The number of imidazole rings is 1. The summed E-state index contributed by atoms with van der Waals surface area (Å²) in [6.07, 6.45) is 7.55. The van der Waals surface area contributed by atoms with Gasteiger partial charge in [0.05, 0.1) is 12.4 Å². The number of amides is 1. The average molecular weight is 330 g/mol. The second-order valence-corrected chi connectivity index (χ2v) is 6.29. The van der Waals surface area contributed by atoms with Gasteiger partial charge in [0.1, 0.15) is 5.58 Å². The quantitative estimate of drug-likeness (QED) is 0.719. The number of carbonyl (C=O) groups is 1. The minimum Gasteiger partial charge on any atom is -0.451 e. The Hall–Kier alpha value is -2.27. The van der Waals surface area contributed by atoms with Crippen LogP contribution in [0.25, 0.3) is 11.0 Å². The maximum absolute atomic E-state index is 12.7. The second kappa shape index (κ2) is 5.74. The van der Waals surface area contributed by atoms with Gasteiger partial charge in [-0.15, -0.1) is 0 Å². The van der Waals surface area contributed by atoms with Crippen molar-refractivity contribution in [3.8, 4) is 0 Å². The molecule has 3 heterocycles. The first-order chi connectivity index (χ1) is 11.2. The van der Waals surface area contributed by atoms with E-state index in [1.54, 1.807) is 24.4 Å². The molecule has 1 fully saturated rings. The molecule has 0 N–H and O–H groups in total. The lowest BCUT2D eigenvalue weighted by Crippen LogP contribution is -2.40. The lowest BCUT2D eigenvalue weighted by atomic mass is 10.1. The van der Waals surface area contributed by atoms with Crippen molar-refractivity contribution < 1.29 is 9.21 Å². The number of aromatic nitrogens is 2. The Morgan fingerprint density at radius 3 is 3.09 bits per heavy atom. The summed E-state index contributed by atoms with van der Waals surface area (Å²) < 4.78 is 7.76. The highest BCUT2D eigenvalue weighted by Gasteiger charge is 2.27. The molecule has 1 amide bonds. The van der Waals surface area contributed by atoms with Gasteiger partial charge in [-0.3, -0.25) is 4.79 Å². The number of likely N-dealkylation sites (tertiary alicyclic amines) is 1. The Bertz CT molecular complexity index is 841. The van der Waals surface area contributed by atoms with Crippen LogP contribution in [0.3, 0.4) is 0 Å². The second-order valence-electron chi connectivity index (χ2n) is 5.85. The van der Waals surface area contributed by atoms with Gasteiger partial charge in [0.15, 0.2) is 5.76 Å². The van der Waals surface area contributed by atoms with Crippen LogP contribution in [0.2, 0.25) is 5.02 Å². The van der Waals surface area contributed by atoms with Gasteiger partial charge >= 0.3 is 0 Å². The van der Waals surface area contributed by atoms with Gasteiger partial charge in [0.25, 0.3) is 5.91 Å². The third-order valence-electron chi connectivity index (χ3n) is 4.32. The van der Waals surface area contributed by atoms with E-state index in [4.69, 9.17) is 16.0 Å². The smallest absolute Gasteiger partial charge is 0.289 e. The lowest BCUT2D eigenvalue weighted by molar-refractivity contribution is 0.0650. The van der Waals surface area contributed by atoms with E-state index >= 15 is 0 Å². The van der Waals surface area contributed by atoms with Gasteiger partial charge < -0.3 is 13.9 Å². The molecule has 118 valence electrons.